The third kappa shape index (κ3) is 7.26. The van der Waals surface area contributed by atoms with E-state index in [2.05, 4.69) is 22.5 Å². The lowest BCUT2D eigenvalue weighted by Gasteiger charge is -2.14. The van der Waals surface area contributed by atoms with Crippen LogP contribution in [0.2, 0.25) is 0 Å². The van der Waals surface area contributed by atoms with E-state index < -0.39 is 0 Å². The average Bonchev–Trinajstić information content (AvgIpc) is 3.14. The summed E-state index contributed by atoms with van der Waals surface area (Å²) in [4.78, 5) is 26.2. The van der Waals surface area contributed by atoms with Crippen LogP contribution >= 0.6 is 0 Å². The van der Waals surface area contributed by atoms with Crippen molar-refractivity contribution in [3.63, 3.8) is 0 Å². The fraction of sp³-hybridized carbons (Fsp3) is 0.600. The Morgan fingerprint density at radius 3 is 2.44 bits per heavy atom. The number of benzene rings is 1. The molecule has 2 rings (SSSR count). The predicted molar refractivity (Wildman–Crippen MR) is 100 cm³/mol. The Morgan fingerprint density at radius 2 is 1.76 bits per heavy atom. The van der Waals surface area contributed by atoms with Gasteiger partial charge in [-0.3, -0.25) is 9.59 Å². The fourth-order valence-corrected chi connectivity index (χ4v) is 3.03. The van der Waals surface area contributed by atoms with E-state index >= 15 is 0 Å². The molecule has 0 atom stereocenters. The summed E-state index contributed by atoms with van der Waals surface area (Å²) < 4.78 is 0. The van der Waals surface area contributed by atoms with Crippen molar-refractivity contribution >= 4 is 11.8 Å². The minimum Gasteiger partial charge on any atom is -0.352 e. The summed E-state index contributed by atoms with van der Waals surface area (Å²) in [5.41, 5.74) is 1.68. The van der Waals surface area contributed by atoms with E-state index in [0.717, 1.165) is 44.5 Å². The van der Waals surface area contributed by atoms with Gasteiger partial charge in [0.25, 0.3) is 5.91 Å². The highest BCUT2D eigenvalue weighted by atomic mass is 16.2. The van der Waals surface area contributed by atoms with Crippen molar-refractivity contribution in [2.45, 2.75) is 52.0 Å². The average molecular weight is 345 g/mol. The molecule has 0 aromatic heterocycles. The fourth-order valence-electron chi connectivity index (χ4n) is 3.03. The Hall–Kier alpha value is -1.88. The highest BCUT2D eigenvalue weighted by Gasteiger charge is 2.11. The molecule has 0 spiro atoms. The van der Waals surface area contributed by atoms with Crippen molar-refractivity contribution in [2.75, 3.05) is 26.2 Å². The van der Waals surface area contributed by atoms with E-state index in [1.165, 1.54) is 12.8 Å². The largest absolute Gasteiger partial charge is 0.352 e. The number of carbonyl (C=O) groups is 2. The highest BCUT2D eigenvalue weighted by Crippen LogP contribution is 2.07. The van der Waals surface area contributed by atoms with Gasteiger partial charge in [-0.25, -0.2) is 0 Å². The Bertz CT molecular complexity index is 536. The molecule has 2 N–H and O–H groups in total. The van der Waals surface area contributed by atoms with Gasteiger partial charge >= 0.3 is 0 Å². The second kappa shape index (κ2) is 10.9. The van der Waals surface area contributed by atoms with Gasteiger partial charge in [0.15, 0.2) is 0 Å². The Kier molecular flexibility index (Phi) is 8.46. The molecule has 0 unspecified atom stereocenters. The summed E-state index contributed by atoms with van der Waals surface area (Å²) in [6.45, 7) is 6.55. The standard InChI is InChI=1S/C20H31N3O2/c1-2-3-4-7-19(24)22-16-17-8-10-18(11-9-17)20(25)21-12-15-23-13-5-6-14-23/h8-11H,2-7,12-16H2,1H3,(H,21,25)(H,22,24). The predicted octanol–water partition coefficient (Wildman–Crippen LogP) is 2.71. The second-order valence-electron chi connectivity index (χ2n) is 6.74. The lowest BCUT2D eigenvalue weighted by molar-refractivity contribution is -0.121. The summed E-state index contributed by atoms with van der Waals surface area (Å²) in [6.07, 6.45) is 6.28. The quantitative estimate of drug-likeness (QED) is 0.641. The maximum Gasteiger partial charge on any atom is 0.251 e. The number of hydrogen-bond acceptors (Lipinski definition) is 3. The third-order valence-electron chi connectivity index (χ3n) is 4.63. The molecular weight excluding hydrogens is 314 g/mol. The molecule has 1 aromatic carbocycles. The van der Waals surface area contributed by atoms with E-state index in [1.54, 1.807) is 0 Å². The van der Waals surface area contributed by atoms with Crippen LogP contribution in [0.4, 0.5) is 0 Å². The summed E-state index contributed by atoms with van der Waals surface area (Å²) in [6, 6.07) is 7.46. The highest BCUT2D eigenvalue weighted by molar-refractivity contribution is 5.94. The van der Waals surface area contributed by atoms with Crippen LogP contribution in [0.3, 0.4) is 0 Å². The van der Waals surface area contributed by atoms with Crippen LogP contribution in [0, 0.1) is 0 Å². The van der Waals surface area contributed by atoms with Crippen LogP contribution in [0.25, 0.3) is 0 Å². The first-order chi connectivity index (χ1) is 12.2. The lowest BCUT2D eigenvalue weighted by atomic mass is 10.1. The zero-order valence-electron chi connectivity index (χ0n) is 15.4. The molecule has 1 saturated heterocycles. The monoisotopic (exact) mass is 345 g/mol. The smallest absolute Gasteiger partial charge is 0.251 e. The number of nitrogens with one attached hydrogen (secondary N) is 2. The zero-order valence-corrected chi connectivity index (χ0v) is 15.4. The van der Waals surface area contributed by atoms with Gasteiger partial charge in [0.05, 0.1) is 0 Å². The van der Waals surface area contributed by atoms with Crippen LogP contribution in [-0.4, -0.2) is 42.9 Å². The summed E-state index contributed by atoms with van der Waals surface area (Å²) in [5, 5.41) is 5.90. The van der Waals surface area contributed by atoms with Gasteiger partial charge in [-0.1, -0.05) is 31.9 Å². The SMILES string of the molecule is CCCCCC(=O)NCc1ccc(C(=O)NCCN2CCCC2)cc1. The Balaban J connectivity index is 1.67. The first kappa shape index (κ1) is 19.4. The normalized spacial score (nSPS) is 14.4. The maximum absolute atomic E-state index is 12.1. The number of likely N-dealkylation sites (tertiary alicyclic amines) is 1. The number of amides is 2. The topological polar surface area (TPSA) is 61.4 Å². The molecule has 2 amide bonds. The molecule has 0 bridgehead atoms. The van der Waals surface area contributed by atoms with Crippen LogP contribution in [-0.2, 0) is 11.3 Å². The minimum absolute atomic E-state index is 0.0330. The van der Waals surface area contributed by atoms with Crippen molar-refractivity contribution in [3.05, 3.63) is 35.4 Å². The number of nitrogens with zero attached hydrogens (tertiary/aromatic N) is 1. The van der Waals surface area contributed by atoms with Crippen molar-refractivity contribution < 1.29 is 9.59 Å². The van der Waals surface area contributed by atoms with E-state index in [4.69, 9.17) is 0 Å². The van der Waals surface area contributed by atoms with Crippen molar-refractivity contribution in [2.24, 2.45) is 0 Å². The molecule has 5 nitrogen and oxygen atoms in total. The summed E-state index contributed by atoms with van der Waals surface area (Å²) in [7, 11) is 0. The molecule has 0 aliphatic carbocycles. The molecule has 1 heterocycles. The van der Waals surface area contributed by atoms with Crippen molar-refractivity contribution in [1.29, 1.82) is 0 Å². The van der Waals surface area contributed by atoms with Gasteiger partial charge < -0.3 is 15.5 Å². The van der Waals surface area contributed by atoms with E-state index in [1.807, 2.05) is 24.3 Å². The van der Waals surface area contributed by atoms with Gasteiger partial charge in [-0.2, -0.15) is 0 Å². The molecule has 138 valence electrons. The number of hydrogen-bond donors (Lipinski definition) is 2. The molecule has 1 aliphatic rings. The van der Waals surface area contributed by atoms with Gasteiger partial charge in [0.1, 0.15) is 0 Å². The zero-order chi connectivity index (χ0) is 17.9. The van der Waals surface area contributed by atoms with Gasteiger partial charge in [0, 0.05) is 31.6 Å². The molecular formula is C20H31N3O2. The Labute approximate surface area is 151 Å². The van der Waals surface area contributed by atoms with Gasteiger partial charge in [0.2, 0.25) is 5.91 Å². The molecule has 1 aromatic rings. The number of rotatable bonds is 10. The first-order valence-electron chi connectivity index (χ1n) is 9.55. The summed E-state index contributed by atoms with van der Waals surface area (Å²) in [5.74, 6) is 0.0616. The Morgan fingerprint density at radius 1 is 1.04 bits per heavy atom. The third-order valence-corrected chi connectivity index (χ3v) is 4.63. The van der Waals surface area contributed by atoms with Crippen LogP contribution in [0.5, 0.6) is 0 Å². The van der Waals surface area contributed by atoms with Crippen LogP contribution < -0.4 is 10.6 Å². The van der Waals surface area contributed by atoms with Gasteiger partial charge in [-0.05, 0) is 50.0 Å². The second-order valence-corrected chi connectivity index (χ2v) is 6.74. The number of carbonyl (C=O) groups excluding carboxylic acids is 2. The van der Waals surface area contributed by atoms with Crippen molar-refractivity contribution in [1.82, 2.24) is 15.5 Å². The first-order valence-corrected chi connectivity index (χ1v) is 9.55. The number of unbranched alkanes of at least 4 members (excludes halogenated alkanes) is 2. The van der Waals surface area contributed by atoms with E-state index in [0.29, 0.717) is 25.1 Å². The van der Waals surface area contributed by atoms with Crippen LogP contribution in [0.1, 0.15) is 61.4 Å². The molecule has 25 heavy (non-hydrogen) atoms. The van der Waals surface area contributed by atoms with E-state index in [-0.39, 0.29) is 11.8 Å². The molecule has 1 fully saturated rings. The maximum atomic E-state index is 12.1. The molecule has 0 saturated carbocycles. The molecule has 5 heteroatoms. The molecule has 1 aliphatic heterocycles. The van der Waals surface area contributed by atoms with Crippen molar-refractivity contribution in [3.8, 4) is 0 Å². The van der Waals surface area contributed by atoms with Gasteiger partial charge in [-0.15, -0.1) is 0 Å². The van der Waals surface area contributed by atoms with Crippen LogP contribution in [0.15, 0.2) is 24.3 Å². The summed E-state index contributed by atoms with van der Waals surface area (Å²) >= 11 is 0. The lowest BCUT2D eigenvalue weighted by Crippen LogP contribution is -2.33. The molecule has 0 radical (unpaired) electrons. The van der Waals surface area contributed by atoms with E-state index in [9.17, 15) is 9.59 Å². The minimum atomic E-state index is -0.0330.